The third-order valence-electron chi connectivity index (χ3n) is 2.60. The number of nitrogens with one attached hydrogen (secondary N) is 1. The van der Waals surface area contributed by atoms with Gasteiger partial charge in [-0.25, -0.2) is 15.6 Å². The summed E-state index contributed by atoms with van der Waals surface area (Å²) in [6.45, 7) is 0.285. The average Bonchev–Trinajstić information content (AvgIpc) is 2.68. The fourth-order valence-corrected chi connectivity index (χ4v) is 2.19. The van der Waals surface area contributed by atoms with E-state index in [0.717, 1.165) is 25.0 Å². The molecule has 1 aromatic carbocycles. The molecule has 1 amide bonds. The van der Waals surface area contributed by atoms with Gasteiger partial charge in [0.15, 0.2) is 0 Å². The van der Waals surface area contributed by atoms with Gasteiger partial charge in [0.2, 0.25) is 0 Å². The second-order valence-corrected chi connectivity index (χ2v) is 4.98. The van der Waals surface area contributed by atoms with Crippen molar-refractivity contribution in [2.24, 2.45) is 5.84 Å². The number of hydrogen-bond acceptors (Lipinski definition) is 2. The summed E-state index contributed by atoms with van der Waals surface area (Å²) in [5.41, 5.74) is 2.13. The van der Waals surface area contributed by atoms with E-state index < -0.39 is 6.09 Å². The minimum atomic E-state index is -1.11. The Labute approximate surface area is 112 Å². The molecule has 0 aliphatic heterocycles. The summed E-state index contributed by atoms with van der Waals surface area (Å²) in [6, 6.07) is 6.11. The van der Waals surface area contributed by atoms with Crippen LogP contribution in [-0.4, -0.2) is 27.7 Å². The number of benzene rings is 1. The maximum absolute atomic E-state index is 10.6. The van der Waals surface area contributed by atoms with Crippen molar-refractivity contribution in [3.8, 4) is 0 Å². The van der Waals surface area contributed by atoms with Crippen LogP contribution in [0.4, 0.5) is 4.79 Å². The van der Waals surface area contributed by atoms with Crippen LogP contribution in [0, 0.1) is 3.57 Å². The molecule has 1 aromatic heterocycles. The number of hydrazine groups is 1. The molecule has 0 unspecified atom stereocenters. The minimum Gasteiger partial charge on any atom is -0.464 e. The van der Waals surface area contributed by atoms with Gasteiger partial charge in [0, 0.05) is 27.2 Å². The van der Waals surface area contributed by atoms with E-state index in [9.17, 15) is 4.79 Å². The molecule has 0 saturated heterocycles. The third-order valence-corrected chi connectivity index (χ3v) is 3.27. The van der Waals surface area contributed by atoms with Crippen molar-refractivity contribution >= 4 is 39.6 Å². The molecule has 0 bridgehead atoms. The van der Waals surface area contributed by atoms with Crippen LogP contribution in [0.5, 0.6) is 0 Å². The molecular formula is C11H12IN3O2. The molecule has 90 valence electrons. The summed E-state index contributed by atoms with van der Waals surface area (Å²) < 4.78 is 1.15. The van der Waals surface area contributed by atoms with Gasteiger partial charge in [-0.2, -0.15) is 0 Å². The lowest BCUT2D eigenvalue weighted by molar-refractivity contribution is 0.146. The first-order valence-electron chi connectivity index (χ1n) is 5.08. The van der Waals surface area contributed by atoms with E-state index in [4.69, 9.17) is 10.9 Å². The van der Waals surface area contributed by atoms with E-state index in [2.05, 4.69) is 33.6 Å². The maximum Gasteiger partial charge on any atom is 0.421 e. The molecule has 0 atom stereocenters. The number of fused-ring (bicyclic) bond motifs is 1. The SMILES string of the molecule is NN(CCc1c[nH]c2ccc(I)cc12)C(=O)O. The molecule has 0 radical (unpaired) electrons. The largest absolute Gasteiger partial charge is 0.464 e. The van der Waals surface area contributed by atoms with E-state index in [1.807, 2.05) is 18.3 Å². The third kappa shape index (κ3) is 2.70. The highest BCUT2D eigenvalue weighted by molar-refractivity contribution is 14.1. The number of nitrogens with zero attached hydrogens (tertiary/aromatic N) is 1. The van der Waals surface area contributed by atoms with Crippen LogP contribution < -0.4 is 5.84 Å². The van der Waals surface area contributed by atoms with Gasteiger partial charge in [-0.3, -0.25) is 0 Å². The Morgan fingerprint density at radius 3 is 3.00 bits per heavy atom. The zero-order valence-corrected chi connectivity index (χ0v) is 11.1. The van der Waals surface area contributed by atoms with Gasteiger partial charge in [0.25, 0.3) is 0 Å². The number of carbonyl (C=O) groups is 1. The van der Waals surface area contributed by atoms with E-state index >= 15 is 0 Å². The Morgan fingerprint density at radius 1 is 1.53 bits per heavy atom. The zero-order valence-electron chi connectivity index (χ0n) is 8.98. The molecule has 17 heavy (non-hydrogen) atoms. The van der Waals surface area contributed by atoms with Crippen molar-refractivity contribution in [1.82, 2.24) is 9.99 Å². The first-order chi connectivity index (χ1) is 8.08. The van der Waals surface area contributed by atoms with Crippen LogP contribution in [0.25, 0.3) is 10.9 Å². The standard InChI is InChI=1S/C11H12IN3O2/c12-8-1-2-10-9(5-8)7(6-14-10)3-4-15(13)11(16)17/h1-2,5-6,14H,3-4,13H2,(H,16,17). The molecule has 0 spiro atoms. The molecule has 0 saturated carbocycles. The topological polar surface area (TPSA) is 82.3 Å². The highest BCUT2D eigenvalue weighted by atomic mass is 127. The van der Waals surface area contributed by atoms with Crippen LogP contribution >= 0.6 is 22.6 Å². The van der Waals surface area contributed by atoms with Crippen molar-refractivity contribution in [2.75, 3.05) is 6.54 Å². The molecular weight excluding hydrogens is 333 g/mol. The molecule has 0 aliphatic carbocycles. The number of H-pyrrole nitrogens is 1. The summed E-state index contributed by atoms with van der Waals surface area (Å²) >= 11 is 2.25. The molecule has 1 heterocycles. The molecule has 4 N–H and O–H groups in total. The molecule has 6 heteroatoms. The highest BCUT2D eigenvalue weighted by Gasteiger charge is 2.09. The van der Waals surface area contributed by atoms with Crippen molar-refractivity contribution in [2.45, 2.75) is 6.42 Å². The first-order valence-corrected chi connectivity index (χ1v) is 6.16. The van der Waals surface area contributed by atoms with Gasteiger partial charge in [-0.15, -0.1) is 0 Å². The van der Waals surface area contributed by atoms with E-state index in [-0.39, 0.29) is 6.54 Å². The van der Waals surface area contributed by atoms with Crippen LogP contribution in [0.1, 0.15) is 5.56 Å². The van der Waals surface area contributed by atoms with E-state index in [1.165, 1.54) is 0 Å². The molecule has 5 nitrogen and oxygen atoms in total. The summed E-state index contributed by atoms with van der Waals surface area (Å²) in [7, 11) is 0. The molecule has 0 aliphatic rings. The van der Waals surface area contributed by atoms with Gasteiger partial charge in [0.1, 0.15) is 0 Å². The summed E-state index contributed by atoms with van der Waals surface area (Å²) in [5, 5.41) is 10.6. The lowest BCUT2D eigenvalue weighted by Gasteiger charge is -2.11. The number of carboxylic acid groups (broad SMARTS) is 1. The number of aromatic amines is 1. The Balaban J connectivity index is 2.19. The van der Waals surface area contributed by atoms with Gasteiger partial charge in [-0.05, 0) is 52.8 Å². The second-order valence-electron chi connectivity index (χ2n) is 3.73. The van der Waals surface area contributed by atoms with Crippen LogP contribution in [0.3, 0.4) is 0 Å². The Bertz CT molecular complexity index is 553. The number of hydrogen-bond donors (Lipinski definition) is 3. The minimum absolute atomic E-state index is 0.285. The fourth-order valence-electron chi connectivity index (χ4n) is 1.69. The Kier molecular flexibility index (Phi) is 3.53. The predicted octanol–water partition coefficient (Wildman–Crippen LogP) is 2.17. The van der Waals surface area contributed by atoms with Gasteiger partial charge < -0.3 is 10.1 Å². The fraction of sp³-hybridized carbons (Fsp3) is 0.182. The molecule has 0 fully saturated rings. The average molecular weight is 345 g/mol. The number of nitrogens with two attached hydrogens (primary N) is 1. The number of amides is 1. The van der Waals surface area contributed by atoms with Gasteiger partial charge in [0.05, 0.1) is 0 Å². The quantitative estimate of drug-likeness (QED) is 0.345. The van der Waals surface area contributed by atoms with Crippen molar-refractivity contribution < 1.29 is 9.90 Å². The van der Waals surface area contributed by atoms with Crippen LogP contribution in [0.2, 0.25) is 0 Å². The van der Waals surface area contributed by atoms with Gasteiger partial charge >= 0.3 is 6.09 Å². The number of halogens is 1. The Morgan fingerprint density at radius 2 is 2.29 bits per heavy atom. The van der Waals surface area contributed by atoms with Crippen LogP contribution in [0.15, 0.2) is 24.4 Å². The summed E-state index contributed by atoms with van der Waals surface area (Å²) in [5.74, 6) is 5.33. The monoisotopic (exact) mass is 345 g/mol. The summed E-state index contributed by atoms with van der Waals surface area (Å²) in [4.78, 5) is 13.7. The van der Waals surface area contributed by atoms with Gasteiger partial charge in [-0.1, -0.05) is 0 Å². The Hall–Kier alpha value is -1.28. The predicted molar refractivity (Wildman–Crippen MR) is 73.6 cm³/mol. The number of rotatable bonds is 3. The summed E-state index contributed by atoms with van der Waals surface area (Å²) in [6.07, 6.45) is 1.39. The molecule has 2 rings (SSSR count). The zero-order chi connectivity index (χ0) is 12.4. The van der Waals surface area contributed by atoms with E-state index in [1.54, 1.807) is 0 Å². The van der Waals surface area contributed by atoms with Crippen molar-refractivity contribution in [1.29, 1.82) is 0 Å². The van der Waals surface area contributed by atoms with Crippen LogP contribution in [-0.2, 0) is 6.42 Å². The lowest BCUT2D eigenvalue weighted by atomic mass is 10.1. The normalized spacial score (nSPS) is 10.7. The lowest BCUT2D eigenvalue weighted by Crippen LogP contribution is -2.37. The second kappa shape index (κ2) is 4.92. The smallest absolute Gasteiger partial charge is 0.421 e. The maximum atomic E-state index is 10.6. The molecule has 2 aromatic rings. The highest BCUT2D eigenvalue weighted by Crippen LogP contribution is 2.21. The van der Waals surface area contributed by atoms with E-state index in [0.29, 0.717) is 6.42 Å². The van der Waals surface area contributed by atoms with Crippen molar-refractivity contribution in [3.05, 3.63) is 33.5 Å². The number of aromatic nitrogens is 1. The van der Waals surface area contributed by atoms with Crippen molar-refractivity contribution in [3.63, 3.8) is 0 Å². The first kappa shape index (κ1) is 12.2.